The van der Waals surface area contributed by atoms with Gasteiger partial charge in [-0.3, -0.25) is 0 Å². The minimum atomic E-state index is 0.378. The zero-order valence-corrected chi connectivity index (χ0v) is 7.51. The summed E-state index contributed by atoms with van der Waals surface area (Å²) in [6.07, 6.45) is 3.95. The van der Waals surface area contributed by atoms with Gasteiger partial charge in [-0.15, -0.1) is 5.10 Å². The molecule has 0 amide bonds. The first-order valence-corrected chi connectivity index (χ1v) is 4.89. The molecule has 12 heavy (non-hydrogen) atoms. The van der Waals surface area contributed by atoms with Crippen molar-refractivity contribution in [2.24, 2.45) is 5.73 Å². The second kappa shape index (κ2) is 3.37. The third-order valence-electron chi connectivity index (χ3n) is 1.94. The van der Waals surface area contributed by atoms with Crippen molar-refractivity contribution in [1.29, 1.82) is 0 Å². The molecule has 66 valence electrons. The van der Waals surface area contributed by atoms with Gasteiger partial charge in [-0.2, -0.15) is 0 Å². The third-order valence-corrected chi connectivity index (χ3v) is 2.78. The molecule has 0 bridgehead atoms. The average molecular weight is 185 g/mol. The molecule has 0 radical (unpaired) electrons. The Hall–Kier alpha value is -0.680. The Morgan fingerprint density at radius 3 is 2.83 bits per heavy atom. The molecule has 0 unspecified atom stereocenters. The van der Waals surface area contributed by atoms with Gasteiger partial charge in [0, 0.05) is 6.54 Å². The highest BCUT2D eigenvalue weighted by Crippen LogP contribution is 2.26. The lowest BCUT2D eigenvalue weighted by Crippen LogP contribution is -2.24. The molecule has 0 spiro atoms. The molecule has 0 aromatic carbocycles. The Bertz CT molecular complexity index is 259. The molecular formula is C7H11N3OS. The van der Waals surface area contributed by atoms with Gasteiger partial charge in [0.05, 0.1) is 0 Å². The lowest BCUT2D eigenvalue weighted by Gasteiger charge is -2.24. The Morgan fingerprint density at radius 2 is 2.33 bits per heavy atom. The van der Waals surface area contributed by atoms with Crippen LogP contribution in [0.4, 0.5) is 0 Å². The first kappa shape index (κ1) is 7.94. The molecule has 2 N–H and O–H groups in total. The summed E-state index contributed by atoms with van der Waals surface area (Å²) in [5.74, 6) is 0. The number of aromatic nitrogens is 2. The van der Waals surface area contributed by atoms with Crippen LogP contribution in [0.2, 0.25) is 0 Å². The summed E-state index contributed by atoms with van der Waals surface area (Å²) in [6.45, 7) is 0.450. The van der Waals surface area contributed by atoms with Gasteiger partial charge in [0.2, 0.25) is 0 Å². The minimum absolute atomic E-state index is 0.378. The van der Waals surface area contributed by atoms with Gasteiger partial charge >= 0.3 is 0 Å². The van der Waals surface area contributed by atoms with E-state index >= 15 is 0 Å². The highest BCUT2D eigenvalue weighted by Gasteiger charge is 2.20. The van der Waals surface area contributed by atoms with Gasteiger partial charge in [0.15, 0.2) is 0 Å². The van der Waals surface area contributed by atoms with E-state index in [9.17, 15) is 0 Å². The molecule has 0 atom stereocenters. The van der Waals surface area contributed by atoms with E-state index < -0.39 is 0 Å². The normalized spacial score (nSPS) is 17.4. The van der Waals surface area contributed by atoms with Crippen LogP contribution in [0.1, 0.15) is 24.3 Å². The maximum atomic E-state index is 5.52. The molecule has 5 heteroatoms. The summed E-state index contributed by atoms with van der Waals surface area (Å²) in [5.41, 5.74) is 5.39. The van der Waals surface area contributed by atoms with E-state index in [1.807, 2.05) is 0 Å². The summed E-state index contributed by atoms with van der Waals surface area (Å²) in [4.78, 5) is 0. The Labute approximate surface area is 74.8 Å². The molecule has 1 saturated carbocycles. The average Bonchev–Trinajstić information content (AvgIpc) is 2.44. The van der Waals surface area contributed by atoms with Crippen molar-refractivity contribution in [3.8, 4) is 5.19 Å². The van der Waals surface area contributed by atoms with Crippen LogP contribution in [-0.4, -0.2) is 16.3 Å². The predicted molar refractivity (Wildman–Crippen MR) is 46.1 cm³/mol. The van der Waals surface area contributed by atoms with Crippen LogP contribution in [0.5, 0.6) is 5.19 Å². The molecule has 0 saturated heterocycles. The van der Waals surface area contributed by atoms with Crippen LogP contribution in [0.3, 0.4) is 0 Å². The SMILES string of the molecule is NCc1nnc(OC2CCC2)s1. The van der Waals surface area contributed by atoms with Gasteiger partial charge in [-0.1, -0.05) is 16.4 Å². The summed E-state index contributed by atoms with van der Waals surface area (Å²) >= 11 is 1.44. The van der Waals surface area contributed by atoms with Crippen molar-refractivity contribution in [2.75, 3.05) is 0 Å². The predicted octanol–water partition coefficient (Wildman–Crippen LogP) is 0.928. The molecule has 1 aliphatic rings. The Balaban J connectivity index is 1.93. The topological polar surface area (TPSA) is 61.0 Å². The quantitative estimate of drug-likeness (QED) is 0.761. The standard InChI is InChI=1S/C7H11N3OS/c8-4-6-9-10-7(12-6)11-5-2-1-3-5/h5H,1-4,8H2. The molecule has 1 heterocycles. The van der Waals surface area contributed by atoms with E-state index in [1.165, 1.54) is 17.8 Å². The van der Waals surface area contributed by atoms with Crippen LogP contribution >= 0.6 is 11.3 Å². The molecule has 1 aromatic rings. The van der Waals surface area contributed by atoms with E-state index in [2.05, 4.69) is 10.2 Å². The Kier molecular flexibility index (Phi) is 2.23. The summed E-state index contributed by atoms with van der Waals surface area (Å²) in [5, 5.41) is 9.24. The molecule has 2 rings (SSSR count). The zero-order valence-electron chi connectivity index (χ0n) is 6.69. The van der Waals surface area contributed by atoms with Gasteiger partial charge < -0.3 is 10.5 Å². The fourth-order valence-electron chi connectivity index (χ4n) is 1.000. The molecule has 1 aliphatic carbocycles. The highest BCUT2D eigenvalue weighted by atomic mass is 32.1. The molecule has 0 aliphatic heterocycles. The smallest absolute Gasteiger partial charge is 0.294 e. The Morgan fingerprint density at radius 1 is 1.50 bits per heavy atom. The summed E-state index contributed by atoms with van der Waals surface area (Å²) in [6, 6.07) is 0. The fraction of sp³-hybridized carbons (Fsp3) is 0.714. The number of hydrogen-bond acceptors (Lipinski definition) is 5. The van der Waals surface area contributed by atoms with E-state index in [0.29, 0.717) is 17.8 Å². The fourth-order valence-corrected chi connectivity index (χ4v) is 1.63. The summed E-state index contributed by atoms with van der Waals surface area (Å²) in [7, 11) is 0. The second-order valence-corrected chi connectivity index (χ2v) is 3.86. The van der Waals surface area contributed by atoms with Crippen molar-refractivity contribution >= 4 is 11.3 Å². The summed E-state index contributed by atoms with van der Waals surface area (Å²) < 4.78 is 5.52. The van der Waals surface area contributed by atoms with Gasteiger partial charge in [0.25, 0.3) is 5.19 Å². The number of nitrogens with zero attached hydrogens (tertiary/aromatic N) is 2. The molecule has 1 fully saturated rings. The first-order valence-electron chi connectivity index (χ1n) is 4.07. The van der Waals surface area contributed by atoms with Crippen molar-refractivity contribution in [2.45, 2.75) is 31.9 Å². The zero-order chi connectivity index (χ0) is 8.39. The van der Waals surface area contributed by atoms with Crippen LogP contribution in [0.15, 0.2) is 0 Å². The highest BCUT2D eigenvalue weighted by molar-refractivity contribution is 7.13. The van der Waals surface area contributed by atoms with E-state index in [4.69, 9.17) is 10.5 Å². The van der Waals surface area contributed by atoms with Crippen molar-refractivity contribution < 1.29 is 4.74 Å². The first-order chi connectivity index (χ1) is 5.88. The maximum Gasteiger partial charge on any atom is 0.294 e. The van der Waals surface area contributed by atoms with E-state index in [1.54, 1.807) is 0 Å². The van der Waals surface area contributed by atoms with Gasteiger partial charge in [0.1, 0.15) is 11.1 Å². The maximum absolute atomic E-state index is 5.52. The number of ether oxygens (including phenoxy) is 1. The molecule has 1 aromatic heterocycles. The van der Waals surface area contributed by atoms with E-state index in [0.717, 1.165) is 17.8 Å². The lowest BCUT2D eigenvalue weighted by molar-refractivity contribution is 0.119. The number of rotatable bonds is 3. The van der Waals surface area contributed by atoms with Gasteiger partial charge in [-0.05, 0) is 19.3 Å². The minimum Gasteiger partial charge on any atom is -0.466 e. The number of nitrogens with two attached hydrogens (primary N) is 1. The van der Waals surface area contributed by atoms with Crippen LogP contribution in [-0.2, 0) is 6.54 Å². The van der Waals surface area contributed by atoms with Crippen LogP contribution in [0, 0.1) is 0 Å². The lowest BCUT2D eigenvalue weighted by atomic mass is 9.96. The van der Waals surface area contributed by atoms with Crippen molar-refractivity contribution in [3.05, 3.63) is 5.01 Å². The van der Waals surface area contributed by atoms with Crippen molar-refractivity contribution in [3.63, 3.8) is 0 Å². The van der Waals surface area contributed by atoms with E-state index in [-0.39, 0.29) is 0 Å². The third kappa shape index (κ3) is 1.56. The van der Waals surface area contributed by atoms with Crippen molar-refractivity contribution in [1.82, 2.24) is 10.2 Å². The largest absolute Gasteiger partial charge is 0.466 e. The van der Waals surface area contributed by atoms with Gasteiger partial charge in [-0.25, -0.2) is 0 Å². The number of hydrogen-bond donors (Lipinski definition) is 1. The molecule has 4 nitrogen and oxygen atoms in total. The van der Waals surface area contributed by atoms with Crippen LogP contribution in [0.25, 0.3) is 0 Å². The van der Waals surface area contributed by atoms with Crippen LogP contribution < -0.4 is 10.5 Å². The molecular weight excluding hydrogens is 174 g/mol. The monoisotopic (exact) mass is 185 g/mol. The second-order valence-electron chi connectivity index (χ2n) is 2.84.